The number of nitriles is 1. The van der Waals surface area contributed by atoms with Crippen LogP contribution in [0.15, 0.2) is 92.0 Å². The van der Waals surface area contributed by atoms with Crippen LogP contribution in [0.1, 0.15) is 16.7 Å². The number of aromatic nitrogens is 1. The predicted octanol–water partition coefficient (Wildman–Crippen LogP) is 4.36. The summed E-state index contributed by atoms with van der Waals surface area (Å²) in [7, 11) is -3.60. The minimum Gasteiger partial charge on any atom is -0.506 e. The molecule has 0 radical (unpaired) electrons. The van der Waals surface area contributed by atoms with Gasteiger partial charge in [-0.1, -0.05) is 47.2 Å². The molecular weight excluding hydrogens is 454 g/mol. The number of hydrogen-bond acceptors (Lipinski definition) is 8. The molecule has 0 saturated carbocycles. The standard InChI is InChI=1S/C24H17N5O4S/c25-13-15-6-5-7-16(12-15)14-26-29-19-10-3-1-8-17(19)22(30)21(24(29)31)23-27-18-9-2-4-11-20(18)34(32,33)28-23/h1-12,14,30,32-33H,(H,27,28)/b26-14+. The van der Waals surface area contributed by atoms with Crippen molar-refractivity contribution >= 4 is 39.4 Å². The molecule has 4 N–H and O–H groups in total. The molecule has 0 saturated heterocycles. The second kappa shape index (κ2) is 8.17. The highest BCUT2D eigenvalue weighted by atomic mass is 32.3. The van der Waals surface area contributed by atoms with E-state index in [1.165, 1.54) is 12.3 Å². The zero-order valence-electron chi connectivity index (χ0n) is 17.5. The quantitative estimate of drug-likeness (QED) is 0.327. The summed E-state index contributed by atoms with van der Waals surface area (Å²) >= 11 is 0. The van der Waals surface area contributed by atoms with E-state index in [-0.39, 0.29) is 22.0 Å². The Morgan fingerprint density at radius 1 is 1.06 bits per heavy atom. The molecule has 168 valence electrons. The van der Waals surface area contributed by atoms with Crippen LogP contribution in [0, 0.1) is 11.3 Å². The summed E-state index contributed by atoms with van der Waals surface area (Å²) in [5.74, 6) is -0.540. The summed E-state index contributed by atoms with van der Waals surface area (Å²) in [5, 5.41) is 27.7. The Morgan fingerprint density at radius 2 is 1.82 bits per heavy atom. The Kier molecular flexibility index (Phi) is 5.14. The Labute approximate surface area is 195 Å². The van der Waals surface area contributed by atoms with Crippen LogP contribution in [-0.4, -0.2) is 30.9 Å². The lowest BCUT2D eigenvalue weighted by molar-refractivity contribution is 0.478. The predicted molar refractivity (Wildman–Crippen MR) is 132 cm³/mol. The van der Waals surface area contributed by atoms with E-state index >= 15 is 0 Å². The summed E-state index contributed by atoms with van der Waals surface area (Å²) < 4.78 is 26.3. The monoisotopic (exact) mass is 471 g/mol. The maximum Gasteiger partial charge on any atom is 0.286 e. The molecular formula is C24H17N5O4S. The van der Waals surface area contributed by atoms with Crippen LogP contribution < -0.4 is 10.9 Å². The maximum atomic E-state index is 13.5. The molecule has 34 heavy (non-hydrogen) atoms. The number of fused-ring (bicyclic) bond motifs is 2. The zero-order chi connectivity index (χ0) is 23.9. The molecule has 3 aromatic carbocycles. The number of rotatable bonds is 3. The van der Waals surface area contributed by atoms with E-state index in [4.69, 9.17) is 5.26 Å². The Bertz CT molecular complexity index is 1620. The molecule has 1 aliphatic heterocycles. The van der Waals surface area contributed by atoms with Crippen molar-refractivity contribution in [2.24, 2.45) is 9.50 Å². The number of hydrogen-bond donors (Lipinski definition) is 4. The first kappa shape index (κ1) is 21.4. The first-order valence-corrected chi connectivity index (χ1v) is 11.6. The molecule has 5 rings (SSSR count). The van der Waals surface area contributed by atoms with Crippen molar-refractivity contribution in [1.82, 2.24) is 4.68 Å². The molecule has 0 spiro atoms. The lowest BCUT2D eigenvalue weighted by Gasteiger charge is -2.34. The number of nitrogens with zero attached hydrogens (tertiary/aromatic N) is 4. The van der Waals surface area contributed by atoms with Gasteiger partial charge in [0.15, 0.2) is 5.84 Å². The van der Waals surface area contributed by atoms with Gasteiger partial charge in [0.2, 0.25) is 0 Å². The highest BCUT2D eigenvalue weighted by Crippen LogP contribution is 2.55. The van der Waals surface area contributed by atoms with E-state index < -0.39 is 16.3 Å². The molecule has 0 bridgehead atoms. The second-order valence-electron chi connectivity index (χ2n) is 7.42. The van der Waals surface area contributed by atoms with Gasteiger partial charge >= 0.3 is 0 Å². The van der Waals surface area contributed by atoms with Gasteiger partial charge in [-0.15, -0.1) is 4.40 Å². The lowest BCUT2D eigenvalue weighted by Crippen LogP contribution is -2.31. The molecule has 1 aromatic heterocycles. The average Bonchev–Trinajstić information content (AvgIpc) is 2.84. The van der Waals surface area contributed by atoms with Gasteiger partial charge in [-0.05, 0) is 42.0 Å². The van der Waals surface area contributed by atoms with E-state index in [0.29, 0.717) is 27.7 Å². The Hall–Kier alpha value is -4.43. The van der Waals surface area contributed by atoms with Crippen molar-refractivity contribution in [3.05, 3.63) is 99.8 Å². The van der Waals surface area contributed by atoms with Gasteiger partial charge in [0, 0.05) is 5.39 Å². The van der Waals surface area contributed by atoms with Gasteiger partial charge in [0.25, 0.3) is 5.56 Å². The third-order valence-corrected chi connectivity index (χ3v) is 6.64. The van der Waals surface area contributed by atoms with Gasteiger partial charge in [0.05, 0.1) is 29.1 Å². The van der Waals surface area contributed by atoms with Crippen LogP contribution in [0.3, 0.4) is 0 Å². The number of para-hydroxylation sites is 2. The Balaban J connectivity index is 1.72. The fraction of sp³-hybridized carbons (Fsp3) is 0. The number of pyridine rings is 1. The van der Waals surface area contributed by atoms with Crippen molar-refractivity contribution in [3.8, 4) is 11.8 Å². The minimum atomic E-state index is -3.60. The summed E-state index contributed by atoms with van der Waals surface area (Å²) in [4.78, 5) is 13.7. The van der Waals surface area contributed by atoms with Gasteiger partial charge in [-0.2, -0.15) is 15.0 Å². The molecule has 0 aliphatic carbocycles. The third-order valence-electron chi connectivity index (χ3n) is 5.26. The molecule has 0 unspecified atom stereocenters. The van der Waals surface area contributed by atoms with Crippen molar-refractivity contribution in [2.75, 3.05) is 5.32 Å². The number of anilines is 1. The normalized spacial score (nSPS) is 15.3. The van der Waals surface area contributed by atoms with Gasteiger partial charge in [0.1, 0.15) is 16.2 Å². The van der Waals surface area contributed by atoms with Crippen molar-refractivity contribution in [2.45, 2.75) is 4.90 Å². The van der Waals surface area contributed by atoms with Crippen LogP contribution in [-0.2, 0) is 0 Å². The van der Waals surface area contributed by atoms with Crippen molar-refractivity contribution in [3.63, 3.8) is 0 Å². The smallest absolute Gasteiger partial charge is 0.286 e. The molecule has 4 aromatic rings. The van der Waals surface area contributed by atoms with Crippen LogP contribution in [0.4, 0.5) is 5.69 Å². The molecule has 0 fully saturated rings. The molecule has 0 atom stereocenters. The SMILES string of the molecule is N#Cc1cccc(/C=N/n2c(=O)c(C3=NS(O)(O)c4ccccc4N3)c(O)c3ccccc32)c1. The average molecular weight is 471 g/mol. The van der Waals surface area contributed by atoms with E-state index in [1.807, 2.05) is 6.07 Å². The van der Waals surface area contributed by atoms with Gasteiger partial charge in [-0.3, -0.25) is 13.9 Å². The molecule has 2 heterocycles. The van der Waals surface area contributed by atoms with E-state index in [9.17, 15) is 19.0 Å². The van der Waals surface area contributed by atoms with E-state index in [0.717, 1.165) is 4.68 Å². The largest absolute Gasteiger partial charge is 0.506 e. The van der Waals surface area contributed by atoms with Crippen LogP contribution in [0.25, 0.3) is 10.9 Å². The van der Waals surface area contributed by atoms with Crippen molar-refractivity contribution in [1.29, 1.82) is 5.26 Å². The highest BCUT2D eigenvalue weighted by Gasteiger charge is 2.30. The fourth-order valence-electron chi connectivity index (χ4n) is 3.69. The summed E-state index contributed by atoms with van der Waals surface area (Å²) in [6, 6.07) is 21.9. The van der Waals surface area contributed by atoms with E-state index in [1.54, 1.807) is 66.7 Å². The zero-order valence-corrected chi connectivity index (χ0v) is 18.3. The first-order valence-electron chi connectivity index (χ1n) is 10.0. The second-order valence-corrected chi connectivity index (χ2v) is 9.08. The molecule has 9 nitrogen and oxygen atoms in total. The maximum absolute atomic E-state index is 13.5. The third kappa shape index (κ3) is 3.60. The molecule has 0 amide bonds. The Morgan fingerprint density at radius 3 is 2.65 bits per heavy atom. The number of benzene rings is 3. The topological polar surface area (TPSA) is 143 Å². The number of nitrogens with one attached hydrogen (secondary N) is 1. The minimum absolute atomic E-state index is 0.178. The van der Waals surface area contributed by atoms with Crippen LogP contribution >= 0.6 is 10.8 Å². The molecule has 1 aliphatic rings. The van der Waals surface area contributed by atoms with Crippen LogP contribution in [0.2, 0.25) is 0 Å². The fourth-order valence-corrected chi connectivity index (χ4v) is 4.86. The van der Waals surface area contributed by atoms with E-state index in [2.05, 4.69) is 14.8 Å². The van der Waals surface area contributed by atoms with Gasteiger partial charge < -0.3 is 10.4 Å². The summed E-state index contributed by atoms with van der Waals surface area (Å²) in [5.41, 5.74) is 0.770. The van der Waals surface area contributed by atoms with Gasteiger partial charge in [-0.25, -0.2) is 0 Å². The summed E-state index contributed by atoms with van der Waals surface area (Å²) in [6.45, 7) is 0. The van der Waals surface area contributed by atoms with Crippen LogP contribution in [0.5, 0.6) is 5.75 Å². The summed E-state index contributed by atoms with van der Waals surface area (Å²) in [6.07, 6.45) is 1.43. The lowest BCUT2D eigenvalue weighted by atomic mass is 10.1. The highest BCUT2D eigenvalue weighted by molar-refractivity contribution is 8.23. The molecule has 10 heteroatoms. The van der Waals surface area contributed by atoms with Crippen molar-refractivity contribution < 1.29 is 14.2 Å². The number of amidine groups is 1. The first-order chi connectivity index (χ1) is 16.4. The number of aromatic hydroxyl groups is 1.